The quantitative estimate of drug-likeness (QED) is 0.0859. The van der Waals surface area contributed by atoms with E-state index in [0.29, 0.717) is 42.0 Å². The highest BCUT2D eigenvalue weighted by molar-refractivity contribution is 6.11. The van der Waals surface area contributed by atoms with Crippen LogP contribution in [-0.2, 0) is 57.7 Å². The number of carbonyl (C=O) groups is 3. The Kier molecular flexibility index (Phi) is 21.5. The highest BCUT2D eigenvalue weighted by atomic mass is 16.6. The Morgan fingerprint density at radius 2 is 0.741 bits per heavy atom. The minimum atomic E-state index is -1.17. The summed E-state index contributed by atoms with van der Waals surface area (Å²) in [5, 5.41) is 17.3. The van der Waals surface area contributed by atoms with Gasteiger partial charge in [-0.15, -0.1) is 0 Å². The Balaban J connectivity index is 0.000000152. The van der Waals surface area contributed by atoms with Gasteiger partial charge in [0.05, 0.1) is 104 Å². The maximum atomic E-state index is 13.4. The van der Waals surface area contributed by atoms with Crippen LogP contribution in [0.1, 0.15) is 148 Å². The predicted molar refractivity (Wildman–Crippen MR) is 427 cm³/mol. The van der Waals surface area contributed by atoms with Gasteiger partial charge >= 0.3 is 17.9 Å². The van der Waals surface area contributed by atoms with Crippen LogP contribution in [0.3, 0.4) is 0 Å². The van der Waals surface area contributed by atoms with Crippen LogP contribution >= 0.6 is 0 Å². The maximum absolute atomic E-state index is 13.4. The lowest BCUT2D eigenvalue weighted by Crippen LogP contribution is -2.32. The molecular weight excluding hydrogens is 1360 g/mol. The number of nitrogens with zero attached hydrogens (tertiary/aromatic N) is 9. The molecule has 3 aliphatic rings. The number of nitrogens with one attached hydrogen (secondary N) is 1. The minimum absolute atomic E-state index is 0.384. The van der Waals surface area contributed by atoms with Gasteiger partial charge in [0.1, 0.15) is 0 Å². The number of anilines is 5. The van der Waals surface area contributed by atoms with E-state index in [1.807, 2.05) is 76.2 Å². The number of aliphatic carboxylic acids is 1. The Morgan fingerprint density at radius 1 is 0.426 bits per heavy atom. The van der Waals surface area contributed by atoms with E-state index in [1.54, 1.807) is 39.0 Å². The van der Waals surface area contributed by atoms with Crippen LogP contribution in [0.2, 0.25) is 0 Å². The molecule has 11 aromatic rings. The van der Waals surface area contributed by atoms with Gasteiger partial charge in [-0.1, -0.05) is 89.5 Å². The summed E-state index contributed by atoms with van der Waals surface area (Å²) in [6.07, 6.45) is 3.72. The largest absolute Gasteiger partial charge is 0.494 e. The Hall–Kier alpha value is -10.6. The van der Waals surface area contributed by atoms with Crippen molar-refractivity contribution in [3.05, 3.63) is 183 Å². The molecule has 5 aromatic heterocycles. The van der Waals surface area contributed by atoms with E-state index < -0.39 is 47.1 Å². The zero-order valence-corrected chi connectivity index (χ0v) is 66.5. The number of carbonyl (C=O) groups excluding carboxylic acids is 2. The Bertz CT molecular complexity index is 5230. The number of rotatable bonds is 16. The molecule has 0 unspecified atom stereocenters. The molecule has 0 spiro atoms. The first kappa shape index (κ1) is 77.0. The van der Waals surface area contributed by atoms with Crippen molar-refractivity contribution < 1.29 is 52.6 Å². The van der Waals surface area contributed by atoms with Gasteiger partial charge in [-0.2, -0.15) is 0 Å². The summed E-state index contributed by atoms with van der Waals surface area (Å²) in [6, 6.07) is 31.7. The summed E-state index contributed by atoms with van der Waals surface area (Å²) in [6.45, 7) is 40.7. The molecule has 0 radical (unpaired) electrons. The summed E-state index contributed by atoms with van der Waals surface area (Å²) in [5.41, 5.74) is 22.5. The molecule has 3 atom stereocenters. The van der Waals surface area contributed by atoms with Gasteiger partial charge in [-0.3, -0.25) is 0 Å². The smallest absolute Gasteiger partial charge is 0.339 e. The average molecular weight is 1460 g/mol. The first-order valence-electron chi connectivity index (χ1n) is 36.8. The van der Waals surface area contributed by atoms with Gasteiger partial charge in [0, 0.05) is 89.2 Å². The normalized spacial score (nSPS) is 14.2. The lowest BCUT2D eigenvalue weighted by atomic mass is 9.87. The van der Waals surface area contributed by atoms with Crippen LogP contribution in [0.15, 0.2) is 116 Å². The third-order valence-corrected chi connectivity index (χ3v) is 20.2. The molecule has 8 heterocycles. The van der Waals surface area contributed by atoms with E-state index in [2.05, 4.69) is 188 Å². The second-order valence-electron chi connectivity index (χ2n) is 31.3. The third-order valence-electron chi connectivity index (χ3n) is 20.2. The van der Waals surface area contributed by atoms with E-state index >= 15 is 0 Å². The number of carboxylic acid groups (broad SMARTS) is 1. The van der Waals surface area contributed by atoms with Crippen LogP contribution < -0.4 is 24.6 Å². The van der Waals surface area contributed by atoms with Gasteiger partial charge < -0.3 is 67.1 Å². The van der Waals surface area contributed by atoms with E-state index in [4.69, 9.17) is 33.2 Å². The molecule has 0 fully saturated rings. The molecule has 21 nitrogen and oxygen atoms in total. The number of methoxy groups -OCH3 is 4. The Morgan fingerprint density at radius 3 is 1.06 bits per heavy atom. The topological polar surface area (TPSA) is 221 Å². The maximum Gasteiger partial charge on any atom is 0.339 e. The second-order valence-corrected chi connectivity index (χ2v) is 31.3. The summed E-state index contributed by atoms with van der Waals surface area (Å²) in [5.74, 6) is 0.436. The zero-order valence-electron chi connectivity index (χ0n) is 66.5. The molecular formula is C87H102N10O11. The van der Waals surface area contributed by atoms with Crippen molar-refractivity contribution in [3.63, 3.8) is 0 Å². The predicted octanol–water partition coefficient (Wildman–Crippen LogP) is 18.0. The van der Waals surface area contributed by atoms with Gasteiger partial charge in [-0.25, -0.2) is 34.3 Å². The molecule has 3 aliphatic heterocycles. The van der Waals surface area contributed by atoms with E-state index in [0.717, 1.165) is 154 Å². The molecule has 0 saturated heterocycles. The van der Waals surface area contributed by atoms with Gasteiger partial charge in [-0.05, 0) is 193 Å². The van der Waals surface area contributed by atoms with Gasteiger partial charge in [0.2, 0.25) is 11.9 Å². The molecule has 14 rings (SSSR count). The second kappa shape index (κ2) is 30.2. The van der Waals surface area contributed by atoms with Crippen molar-refractivity contribution in [3.8, 4) is 44.9 Å². The SMILES string of the molecule is COC(=O)[C@@H](OC(C)(C)C)c1c(C)c2c3c(cc(C)n3CCN2)c1-c1ccc(C)cc1.COC(=O)[C@@H](OC(C)(C)C)c1c(C)c2c3c(cc(C)n3CCN2c2ncc(OC)cn2)c1-c1ccc(C)cc1.COc1cnc(N2CCn3c(C)cc4c(-c5ccc(C)cc5)c([C@H](OC(C)(C)C)C(=O)O)c(C)c2c43)nc1. The number of aryl methyl sites for hydroxylation is 6. The standard InChI is InChI=1S/C31H36N4O4.C30H34N4O4.C26H32N2O3/c1-18-9-11-21(12-10-18)25-23-15-19(2)34-13-14-35(30-32-16-22(37-7)17-33-30)26(27(23)34)20(3)24(25)28(29(36)38-8)39-31(4,5)6;1-17-8-10-20(11-9-17)24-22-14-18(2)33-12-13-34(29-31-15-21(37-7)16-32-29)25(26(22)33)19(3)23(24)27(28(35)36)38-30(4,5)6;1-15-8-10-18(11-9-15)21-19-14-16(2)28-13-12-27-22(23(19)28)17(3)20(21)24(25(29)30-7)31-26(4,5)6/h9-12,15-17,28H,13-14H2,1-8H3;8-11,14-16,27H,12-13H2,1-7H3,(H,35,36);8-11,14,24,27H,12-13H2,1-7H3/t28-;27-;24-/m000/s1. The van der Waals surface area contributed by atoms with Crippen LogP contribution in [-0.4, -0.2) is 122 Å². The number of hydrogen-bond donors (Lipinski definition) is 2. The zero-order chi connectivity index (χ0) is 77.9. The fourth-order valence-corrected chi connectivity index (χ4v) is 15.5. The van der Waals surface area contributed by atoms with E-state index in [-0.39, 0.29) is 5.97 Å². The number of benzene rings is 6. The summed E-state index contributed by atoms with van der Waals surface area (Å²) in [7, 11) is 6.01. The molecule has 0 amide bonds. The lowest BCUT2D eigenvalue weighted by molar-refractivity contribution is -0.164. The van der Waals surface area contributed by atoms with Gasteiger partial charge in [0.25, 0.3) is 0 Å². The lowest BCUT2D eigenvalue weighted by Gasteiger charge is -2.35. The van der Waals surface area contributed by atoms with E-state index in [9.17, 15) is 19.5 Å². The monoisotopic (exact) mass is 1460 g/mol. The molecule has 566 valence electrons. The summed E-state index contributed by atoms with van der Waals surface area (Å²) in [4.78, 5) is 61.9. The Labute approximate surface area is 633 Å². The van der Waals surface area contributed by atoms with Gasteiger partial charge in [0.15, 0.2) is 29.8 Å². The highest BCUT2D eigenvalue weighted by Crippen LogP contribution is 2.53. The van der Waals surface area contributed by atoms with Crippen molar-refractivity contribution >= 4 is 79.6 Å². The number of aromatic nitrogens is 7. The fourth-order valence-electron chi connectivity index (χ4n) is 15.5. The number of ether oxygens (including phenoxy) is 7. The van der Waals surface area contributed by atoms with Crippen molar-refractivity contribution in [1.82, 2.24) is 33.6 Å². The van der Waals surface area contributed by atoms with E-state index in [1.165, 1.54) is 31.0 Å². The first-order valence-corrected chi connectivity index (χ1v) is 36.8. The highest BCUT2D eigenvalue weighted by Gasteiger charge is 2.41. The fraction of sp³-hybridized carbons (Fsp3) is 0.391. The molecule has 21 heteroatoms. The van der Waals surface area contributed by atoms with Crippen molar-refractivity contribution in [2.24, 2.45) is 0 Å². The molecule has 0 bridgehead atoms. The average Bonchev–Trinajstić information content (AvgIpc) is 1.48. The van der Waals surface area contributed by atoms with Crippen LogP contribution in [0, 0.1) is 62.3 Å². The van der Waals surface area contributed by atoms with Crippen LogP contribution in [0.25, 0.3) is 66.1 Å². The van der Waals surface area contributed by atoms with Crippen molar-refractivity contribution in [2.75, 3.05) is 63.2 Å². The third kappa shape index (κ3) is 15.0. The number of carboxylic acids is 1. The number of hydrogen-bond acceptors (Lipinski definition) is 17. The summed E-state index contributed by atoms with van der Waals surface area (Å²) < 4.78 is 47.2. The van der Waals surface area contributed by atoms with Crippen LogP contribution in [0.5, 0.6) is 11.5 Å². The van der Waals surface area contributed by atoms with Crippen molar-refractivity contribution in [2.45, 2.75) is 179 Å². The molecule has 0 saturated carbocycles. The molecule has 6 aromatic carbocycles. The van der Waals surface area contributed by atoms with Crippen molar-refractivity contribution in [1.29, 1.82) is 0 Å². The number of esters is 2. The first-order chi connectivity index (χ1) is 51.1. The summed E-state index contributed by atoms with van der Waals surface area (Å²) >= 11 is 0. The molecule has 2 N–H and O–H groups in total. The minimum Gasteiger partial charge on any atom is -0.494 e. The molecule has 0 aliphatic carbocycles. The van der Waals surface area contributed by atoms with Crippen LogP contribution in [0.4, 0.5) is 29.0 Å². The molecule has 108 heavy (non-hydrogen) atoms.